The fraction of sp³-hybridized carbons (Fsp3) is 0.158. The van der Waals surface area contributed by atoms with E-state index in [0.29, 0.717) is 0 Å². The Morgan fingerprint density at radius 2 is 1.67 bits per heavy atom. The zero-order valence-corrected chi connectivity index (χ0v) is 13.7. The van der Waals surface area contributed by atoms with E-state index in [-0.39, 0.29) is 12.3 Å². The molecule has 24 heavy (non-hydrogen) atoms. The molecule has 5 heteroatoms. The molecule has 0 unspecified atom stereocenters. The van der Waals surface area contributed by atoms with Crippen molar-refractivity contribution >= 4 is 17.9 Å². The maximum Gasteiger partial charge on any atom is 0.262 e. The van der Waals surface area contributed by atoms with Gasteiger partial charge in [0.1, 0.15) is 5.75 Å². The lowest BCUT2D eigenvalue weighted by Crippen LogP contribution is -2.41. The van der Waals surface area contributed by atoms with Gasteiger partial charge in [0.15, 0.2) is 0 Å². The highest BCUT2D eigenvalue weighted by Crippen LogP contribution is 2.11. The molecule has 2 aromatic carbocycles. The maximum absolute atomic E-state index is 11.8. The average molecular weight is 324 g/mol. The fourth-order valence-corrected chi connectivity index (χ4v) is 2.00. The van der Waals surface area contributed by atoms with Gasteiger partial charge in [-0.2, -0.15) is 0 Å². The normalized spacial score (nSPS) is 10.4. The molecule has 0 radical (unpaired) electrons. The Hall–Kier alpha value is -3.08. The minimum Gasteiger partial charge on any atom is -0.497 e. The zero-order valence-electron chi connectivity index (χ0n) is 13.7. The molecular weight excluding hydrogens is 304 g/mol. The minimum absolute atomic E-state index is 0.173. The van der Waals surface area contributed by atoms with Crippen LogP contribution in [0, 0.1) is 6.92 Å². The minimum atomic E-state index is -0.390. The molecule has 2 N–H and O–H groups in total. The lowest BCUT2D eigenvalue weighted by atomic mass is 10.1. The Bertz CT molecular complexity index is 719. The Balaban J connectivity index is 1.78. The van der Waals surface area contributed by atoms with Crippen molar-refractivity contribution in [1.82, 2.24) is 10.9 Å². The number of hydrogen-bond acceptors (Lipinski definition) is 3. The van der Waals surface area contributed by atoms with Crippen molar-refractivity contribution in [2.24, 2.45) is 0 Å². The van der Waals surface area contributed by atoms with Gasteiger partial charge in [-0.25, -0.2) is 0 Å². The van der Waals surface area contributed by atoms with Gasteiger partial charge in [-0.3, -0.25) is 20.4 Å². The van der Waals surface area contributed by atoms with E-state index < -0.39 is 5.91 Å². The number of rotatable bonds is 5. The number of amides is 2. The number of ether oxygens (including phenoxy) is 1. The van der Waals surface area contributed by atoms with Crippen LogP contribution in [0.15, 0.2) is 54.6 Å². The molecule has 0 spiro atoms. The molecule has 0 aliphatic carbocycles. The van der Waals surface area contributed by atoms with Crippen LogP contribution in [0.2, 0.25) is 0 Å². The summed E-state index contributed by atoms with van der Waals surface area (Å²) < 4.78 is 5.06. The van der Waals surface area contributed by atoms with Crippen molar-refractivity contribution in [3.8, 4) is 5.75 Å². The van der Waals surface area contributed by atoms with Crippen LogP contribution < -0.4 is 15.6 Å². The maximum atomic E-state index is 11.8. The molecule has 0 atom stereocenters. The summed E-state index contributed by atoms with van der Waals surface area (Å²) in [6.45, 7) is 2.00. The van der Waals surface area contributed by atoms with Crippen LogP contribution in [-0.2, 0) is 16.0 Å². The van der Waals surface area contributed by atoms with E-state index in [9.17, 15) is 9.59 Å². The monoisotopic (exact) mass is 324 g/mol. The van der Waals surface area contributed by atoms with Gasteiger partial charge in [-0.1, -0.05) is 42.0 Å². The fourth-order valence-electron chi connectivity index (χ4n) is 2.00. The number of methoxy groups -OCH3 is 1. The van der Waals surface area contributed by atoms with E-state index >= 15 is 0 Å². The number of aryl methyl sites for hydroxylation is 1. The molecule has 0 saturated carbocycles. The van der Waals surface area contributed by atoms with Crippen LogP contribution in [0.5, 0.6) is 5.75 Å². The second-order valence-electron chi connectivity index (χ2n) is 5.31. The van der Waals surface area contributed by atoms with Gasteiger partial charge in [0, 0.05) is 6.08 Å². The third-order valence-electron chi connectivity index (χ3n) is 3.35. The third kappa shape index (κ3) is 5.61. The van der Waals surface area contributed by atoms with E-state index in [1.165, 1.54) is 6.08 Å². The predicted octanol–water partition coefficient (Wildman–Crippen LogP) is 2.41. The number of nitrogens with one attached hydrogen (secondary N) is 2. The van der Waals surface area contributed by atoms with Crippen molar-refractivity contribution in [1.29, 1.82) is 0 Å². The predicted molar refractivity (Wildman–Crippen MR) is 93.2 cm³/mol. The lowest BCUT2D eigenvalue weighted by Gasteiger charge is -2.06. The number of hydrogen-bond donors (Lipinski definition) is 2. The second kappa shape index (κ2) is 8.53. The summed E-state index contributed by atoms with van der Waals surface area (Å²) in [7, 11) is 1.58. The molecule has 5 nitrogen and oxygen atoms in total. The van der Waals surface area contributed by atoms with Crippen molar-refractivity contribution in [3.05, 3.63) is 71.3 Å². The molecule has 2 aromatic rings. The molecule has 0 aromatic heterocycles. The van der Waals surface area contributed by atoms with Crippen molar-refractivity contribution in [3.63, 3.8) is 0 Å². The first-order valence-electron chi connectivity index (χ1n) is 7.53. The van der Waals surface area contributed by atoms with Gasteiger partial charge in [-0.15, -0.1) is 0 Å². The third-order valence-corrected chi connectivity index (χ3v) is 3.35. The van der Waals surface area contributed by atoms with E-state index in [2.05, 4.69) is 10.9 Å². The molecule has 0 aliphatic rings. The van der Waals surface area contributed by atoms with E-state index in [1.54, 1.807) is 37.5 Å². The van der Waals surface area contributed by atoms with E-state index in [4.69, 9.17) is 4.74 Å². The van der Waals surface area contributed by atoms with Crippen LogP contribution in [-0.4, -0.2) is 18.9 Å². The summed E-state index contributed by atoms with van der Waals surface area (Å²) in [4.78, 5) is 23.5. The summed E-state index contributed by atoms with van der Waals surface area (Å²) >= 11 is 0. The smallest absolute Gasteiger partial charge is 0.262 e. The standard InChI is InChI=1S/C19H20N2O3/c1-14-3-5-15(6-4-14)9-12-18(22)20-21-19(23)13-16-7-10-17(24-2)11-8-16/h3-12H,13H2,1-2H3,(H,20,22)(H,21,23)/b12-9+. The van der Waals surface area contributed by atoms with Crippen LogP contribution in [0.4, 0.5) is 0 Å². The molecule has 2 amide bonds. The first-order valence-corrected chi connectivity index (χ1v) is 7.53. The highest BCUT2D eigenvalue weighted by atomic mass is 16.5. The largest absolute Gasteiger partial charge is 0.497 e. The Labute approximate surface area is 141 Å². The molecule has 2 rings (SSSR count). The molecule has 124 valence electrons. The summed E-state index contributed by atoms with van der Waals surface area (Å²) in [6.07, 6.45) is 3.23. The number of hydrazine groups is 1. The zero-order chi connectivity index (χ0) is 17.4. The molecule has 0 aliphatic heterocycles. The Morgan fingerprint density at radius 3 is 2.29 bits per heavy atom. The first kappa shape index (κ1) is 17.3. The van der Waals surface area contributed by atoms with Crippen LogP contribution in [0.1, 0.15) is 16.7 Å². The van der Waals surface area contributed by atoms with Gasteiger partial charge >= 0.3 is 0 Å². The summed E-state index contributed by atoms with van der Waals surface area (Å²) in [5.41, 5.74) is 7.64. The van der Waals surface area contributed by atoms with E-state index in [1.807, 2.05) is 31.2 Å². The van der Waals surface area contributed by atoms with Gasteiger partial charge in [0.2, 0.25) is 5.91 Å². The highest BCUT2D eigenvalue weighted by molar-refractivity contribution is 5.93. The molecule has 0 heterocycles. The number of benzene rings is 2. The molecule has 0 fully saturated rings. The topological polar surface area (TPSA) is 67.4 Å². The van der Waals surface area contributed by atoms with Crippen LogP contribution in [0.25, 0.3) is 6.08 Å². The molecule has 0 bridgehead atoms. The van der Waals surface area contributed by atoms with Crippen molar-refractivity contribution < 1.29 is 14.3 Å². The molecular formula is C19H20N2O3. The summed E-state index contributed by atoms with van der Waals surface area (Å²) in [5, 5.41) is 0. The number of carbonyl (C=O) groups excluding carboxylic acids is 2. The van der Waals surface area contributed by atoms with Crippen LogP contribution in [0.3, 0.4) is 0 Å². The Morgan fingerprint density at radius 1 is 1.00 bits per heavy atom. The number of carbonyl (C=O) groups is 2. The SMILES string of the molecule is COc1ccc(CC(=O)NNC(=O)/C=C/c2ccc(C)cc2)cc1. The van der Waals surface area contributed by atoms with Gasteiger partial charge < -0.3 is 4.74 Å². The highest BCUT2D eigenvalue weighted by Gasteiger charge is 2.04. The molecule has 0 saturated heterocycles. The van der Waals surface area contributed by atoms with Gasteiger partial charge in [0.05, 0.1) is 13.5 Å². The second-order valence-corrected chi connectivity index (χ2v) is 5.31. The van der Waals surface area contributed by atoms with Crippen molar-refractivity contribution in [2.45, 2.75) is 13.3 Å². The quantitative estimate of drug-likeness (QED) is 0.655. The van der Waals surface area contributed by atoms with Gasteiger partial charge in [0.25, 0.3) is 5.91 Å². The summed E-state index contributed by atoms with van der Waals surface area (Å²) in [6, 6.07) is 14.9. The average Bonchev–Trinajstić information content (AvgIpc) is 2.60. The van der Waals surface area contributed by atoms with E-state index in [0.717, 1.165) is 22.4 Å². The Kier molecular flexibility index (Phi) is 6.14. The first-order chi connectivity index (χ1) is 11.6. The van der Waals surface area contributed by atoms with Crippen molar-refractivity contribution in [2.75, 3.05) is 7.11 Å². The lowest BCUT2D eigenvalue weighted by molar-refractivity contribution is -0.126. The van der Waals surface area contributed by atoms with Crippen LogP contribution >= 0.6 is 0 Å². The van der Waals surface area contributed by atoms with Gasteiger partial charge in [-0.05, 0) is 36.3 Å². The summed E-state index contributed by atoms with van der Waals surface area (Å²) in [5.74, 6) is 0.0459.